The van der Waals surface area contributed by atoms with Crippen LogP contribution in [-0.2, 0) is 11.3 Å². The summed E-state index contributed by atoms with van der Waals surface area (Å²) in [4.78, 5) is 0. The molecule has 0 aliphatic carbocycles. The van der Waals surface area contributed by atoms with Crippen LogP contribution in [0.25, 0.3) is 0 Å². The molecule has 0 fully saturated rings. The molecule has 71 valence electrons. The Labute approximate surface area is 80.7 Å². The molecule has 1 aromatic rings. The van der Waals surface area contributed by atoms with Gasteiger partial charge in [-0.3, -0.25) is 0 Å². The molecule has 0 amide bonds. The molecule has 0 bridgehead atoms. The van der Waals surface area contributed by atoms with Crippen molar-refractivity contribution in [1.29, 1.82) is 0 Å². The predicted octanol–water partition coefficient (Wildman–Crippen LogP) is 3.04. The second-order valence-electron chi connectivity index (χ2n) is 3.34. The molecule has 0 saturated carbocycles. The highest BCUT2D eigenvalue weighted by Crippen LogP contribution is 2.11. The molecule has 0 saturated heterocycles. The summed E-state index contributed by atoms with van der Waals surface area (Å²) < 4.78 is 5.44. The molecule has 1 aromatic carbocycles. The summed E-state index contributed by atoms with van der Waals surface area (Å²) in [5.74, 6) is 0. The van der Waals surface area contributed by atoms with Crippen molar-refractivity contribution in [3.05, 3.63) is 41.8 Å². The van der Waals surface area contributed by atoms with Crippen LogP contribution in [-0.4, -0.2) is 6.61 Å². The first-order valence-electron chi connectivity index (χ1n) is 4.67. The highest BCUT2D eigenvalue weighted by atomic mass is 16.5. The average Bonchev–Trinajstić information content (AvgIpc) is 2.11. The lowest BCUT2D eigenvalue weighted by Crippen LogP contribution is -1.96. The monoisotopic (exact) mass is 177 g/mol. The van der Waals surface area contributed by atoms with Gasteiger partial charge in [-0.1, -0.05) is 30.7 Å². The van der Waals surface area contributed by atoms with Crippen molar-refractivity contribution in [2.24, 2.45) is 0 Å². The van der Waals surface area contributed by atoms with Gasteiger partial charge in [0.2, 0.25) is 0 Å². The van der Waals surface area contributed by atoms with E-state index in [1.165, 1.54) is 16.7 Å². The molecule has 0 aliphatic rings. The molecule has 1 rings (SSSR count). The number of rotatable bonds is 4. The Kier molecular flexibility index (Phi) is 3.97. The summed E-state index contributed by atoms with van der Waals surface area (Å²) in [6.45, 7) is 9.40. The zero-order valence-corrected chi connectivity index (χ0v) is 8.47. The van der Waals surface area contributed by atoms with Gasteiger partial charge in [-0.2, -0.15) is 0 Å². The van der Waals surface area contributed by atoms with Crippen molar-refractivity contribution in [1.82, 2.24) is 0 Å². The smallest absolute Gasteiger partial charge is 0.0719 e. The fourth-order valence-corrected chi connectivity index (χ4v) is 1.24. The van der Waals surface area contributed by atoms with Gasteiger partial charge in [0.25, 0.3) is 0 Å². The van der Waals surface area contributed by atoms with Gasteiger partial charge in [-0.15, -0.1) is 0 Å². The van der Waals surface area contributed by atoms with Gasteiger partial charge in [0, 0.05) is 6.61 Å². The first kappa shape index (κ1) is 10.3. The van der Waals surface area contributed by atoms with E-state index in [-0.39, 0.29) is 0 Å². The summed E-state index contributed by atoms with van der Waals surface area (Å²) in [7, 11) is 0. The Bertz CT molecular complexity index is 266. The first-order valence-corrected chi connectivity index (χ1v) is 4.67. The number of ether oxygens (including phenoxy) is 1. The summed E-state index contributed by atoms with van der Waals surface area (Å²) >= 11 is 0. The molecule has 1 nitrogen and oxygen atoms in total. The van der Waals surface area contributed by atoms with Gasteiger partial charge in [0.15, 0.2) is 0 Å². The van der Waals surface area contributed by atoms with Crippen LogP contribution in [0.1, 0.15) is 23.1 Å². The van der Waals surface area contributed by atoms with Crippen molar-refractivity contribution in [2.45, 2.75) is 26.9 Å². The molecule has 0 spiro atoms. The van der Waals surface area contributed by atoms with E-state index in [1.54, 1.807) is 0 Å². The minimum absolute atomic E-state index is 0.711. The fraction of sp³-hybridized carbons (Fsp3) is 0.417. The van der Waals surface area contributed by atoms with Gasteiger partial charge < -0.3 is 4.74 Å². The Morgan fingerprint density at radius 3 is 2.77 bits per heavy atom. The Morgan fingerprint density at radius 1 is 1.31 bits per heavy atom. The maximum absolute atomic E-state index is 5.44. The molecule has 13 heavy (non-hydrogen) atoms. The van der Waals surface area contributed by atoms with Crippen molar-refractivity contribution >= 4 is 0 Å². The van der Waals surface area contributed by atoms with E-state index in [1.807, 2.05) is 0 Å². The van der Waals surface area contributed by atoms with Crippen LogP contribution < -0.4 is 0 Å². The lowest BCUT2D eigenvalue weighted by atomic mass is 10.1. The number of hydrogen-bond acceptors (Lipinski definition) is 1. The zero-order valence-electron chi connectivity index (χ0n) is 8.47. The fourth-order valence-electron chi connectivity index (χ4n) is 1.24. The lowest BCUT2D eigenvalue weighted by molar-refractivity contribution is 0.124. The SMILES string of the molecule is [CH2]CCOCc1cc(C)ccc1C. The molecule has 0 aliphatic heterocycles. The molecular weight excluding hydrogens is 160 g/mol. The Morgan fingerprint density at radius 2 is 2.08 bits per heavy atom. The zero-order chi connectivity index (χ0) is 9.68. The van der Waals surface area contributed by atoms with Crippen molar-refractivity contribution in [3.63, 3.8) is 0 Å². The number of benzene rings is 1. The first-order chi connectivity index (χ1) is 6.24. The normalized spacial score (nSPS) is 10.4. The second kappa shape index (κ2) is 5.03. The third kappa shape index (κ3) is 3.19. The minimum atomic E-state index is 0.711. The predicted molar refractivity (Wildman–Crippen MR) is 55.5 cm³/mol. The summed E-state index contributed by atoms with van der Waals surface area (Å²) in [5, 5.41) is 0. The topological polar surface area (TPSA) is 9.23 Å². The quantitative estimate of drug-likeness (QED) is 0.642. The second-order valence-corrected chi connectivity index (χ2v) is 3.34. The van der Waals surface area contributed by atoms with Crippen molar-refractivity contribution < 1.29 is 4.74 Å². The van der Waals surface area contributed by atoms with Gasteiger partial charge in [0.05, 0.1) is 6.61 Å². The molecule has 0 heterocycles. The Hall–Kier alpha value is -0.820. The third-order valence-electron chi connectivity index (χ3n) is 2.05. The molecule has 0 atom stereocenters. The standard InChI is InChI=1S/C12H17O/c1-4-7-13-9-12-8-10(2)5-6-11(12)3/h5-6,8H,1,4,7,9H2,2-3H3. The van der Waals surface area contributed by atoms with Gasteiger partial charge >= 0.3 is 0 Å². The number of aryl methyl sites for hydroxylation is 2. The van der Waals surface area contributed by atoms with E-state index in [0.29, 0.717) is 6.61 Å². The molecule has 0 aromatic heterocycles. The molecule has 0 N–H and O–H groups in total. The Balaban J connectivity index is 2.59. The van der Waals surface area contributed by atoms with Crippen LogP contribution >= 0.6 is 0 Å². The largest absolute Gasteiger partial charge is 0.377 e. The van der Waals surface area contributed by atoms with E-state index < -0.39 is 0 Å². The average molecular weight is 177 g/mol. The van der Waals surface area contributed by atoms with Gasteiger partial charge in [-0.05, 0) is 31.4 Å². The van der Waals surface area contributed by atoms with Crippen LogP contribution in [0, 0.1) is 20.8 Å². The van der Waals surface area contributed by atoms with E-state index in [2.05, 4.69) is 39.0 Å². The van der Waals surface area contributed by atoms with Crippen LogP contribution in [0.3, 0.4) is 0 Å². The lowest BCUT2D eigenvalue weighted by Gasteiger charge is -2.07. The van der Waals surface area contributed by atoms with E-state index >= 15 is 0 Å². The van der Waals surface area contributed by atoms with Crippen LogP contribution in [0.15, 0.2) is 18.2 Å². The minimum Gasteiger partial charge on any atom is -0.377 e. The number of hydrogen-bond donors (Lipinski definition) is 0. The maximum atomic E-state index is 5.44. The highest BCUT2D eigenvalue weighted by molar-refractivity contribution is 5.29. The van der Waals surface area contributed by atoms with Crippen LogP contribution in [0.2, 0.25) is 0 Å². The van der Waals surface area contributed by atoms with E-state index in [0.717, 1.165) is 13.0 Å². The molecule has 1 radical (unpaired) electrons. The highest BCUT2D eigenvalue weighted by Gasteiger charge is 1.97. The third-order valence-corrected chi connectivity index (χ3v) is 2.05. The van der Waals surface area contributed by atoms with Crippen LogP contribution in [0.5, 0.6) is 0 Å². The molecular formula is C12H17O. The summed E-state index contributed by atoms with van der Waals surface area (Å²) in [6.07, 6.45) is 0.838. The van der Waals surface area contributed by atoms with Gasteiger partial charge in [0.1, 0.15) is 0 Å². The maximum Gasteiger partial charge on any atom is 0.0719 e. The van der Waals surface area contributed by atoms with Gasteiger partial charge in [-0.25, -0.2) is 0 Å². The molecule has 1 heteroatoms. The molecule has 0 unspecified atom stereocenters. The van der Waals surface area contributed by atoms with Crippen molar-refractivity contribution in [3.8, 4) is 0 Å². The summed E-state index contributed by atoms with van der Waals surface area (Å²) in [5.41, 5.74) is 3.88. The van der Waals surface area contributed by atoms with Crippen LogP contribution in [0.4, 0.5) is 0 Å². The van der Waals surface area contributed by atoms with E-state index in [9.17, 15) is 0 Å². The van der Waals surface area contributed by atoms with E-state index in [4.69, 9.17) is 4.74 Å². The van der Waals surface area contributed by atoms with Crippen molar-refractivity contribution in [2.75, 3.05) is 6.61 Å². The summed E-state index contributed by atoms with van der Waals surface area (Å²) in [6, 6.07) is 6.44.